The Morgan fingerprint density at radius 1 is 1.14 bits per heavy atom. The second-order valence-corrected chi connectivity index (χ2v) is 6.58. The summed E-state index contributed by atoms with van der Waals surface area (Å²) < 4.78 is 5.38. The Bertz CT molecular complexity index is 530. The van der Waals surface area contributed by atoms with Crippen LogP contribution in [-0.4, -0.2) is 31.6 Å². The summed E-state index contributed by atoms with van der Waals surface area (Å²) in [6.45, 7) is 8.31. The quantitative estimate of drug-likeness (QED) is 0.826. The first-order chi connectivity index (χ1) is 9.61. The Labute approximate surface area is 134 Å². The lowest BCUT2D eigenvalue weighted by Crippen LogP contribution is -2.34. The van der Waals surface area contributed by atoms with Crippen LogP contribution in [0.15, 0.2) is 23.8 Å². The molecule has 2 aliphatic rings. The van der Waals surface area contributed by atoms with Crippen LogP contribution >= 0.6 is 12.4 Å². The minimum Gasteiger partial charge on any atom is -0.497 e. The van der Waals surface area contributed by atoms with Crippen molar-refractivity contribution in [3.8, 4) is 5.75 Å². The Hall–Kier alpha value is -0.990. The van der Waals surface area contributed by atoms with E-state index in [0.717, 1.165) is 12.3 Å². The Kier molecular flexibility index (Phi) is 5.00. The first kappa shape index (κ1) is 16.4. The molecule has 0 atom stereocenters. The fourth-order valence-corrected chi connectivity index (χ4v) is 3.47. The molecular formula is C18H26ClNO. The van der Waals surface area contributed by atoms with Crippen molar-refractivity contribution in [3.05, 3.63) is 34.9 Å². The van der Waals surface area contributed by atoms with Crippen molar-refractivity contribution in [2.45, 2.75) is 38.5 Å². The zero-order chi connectivity index (χ0) is 14.2. The number of hydrogen-bond acceptors (Lipinski definition) is 2. The molecule has 1 aromatic carbocycles. The van der Waals surface area contributed by atoms with Gasteiger partial charge in [0.2, 0.25) is 0 Å². The third kappa shape index (κ3) is 3.12. The number of fused-ring (bicyclic) bond motifs is 1. The molecule has 0 N–H and O–H groups in total. The summed E-state index contributed by atoms with van der Waals surface area (Å²) in [5.74, 6) is 0.962. The highest BCUT2D eigenvalue weighted by Crippen LogP contribution is 2.43. The summed E-state index contributed by atoms with van der Waals surface area (Å²) in [4.78, 5) is 2.61. The number of ether oxygens (including phenoxy) is 1. The van der Waals surface area contributed by atoms with Gasteiger partial charge in [-0.2, -0.15) is 0 Å². The molecule has 0 aromatic heterocycles. The lowest BCUT2D eigenvalue weighted by molar-refractivity contribution is 0.240. The van der Waals surface area contributed by atoms with Gasteiger partial charge in [-0.3, -0.25) is 4.90 Å². The molecule has 0 unspecified atom stereocenters. The molecule has 0 saturated carbocycles. The van der Waals surface area contributed by atoms with E-state index in [9.17, 15) is 0 Å². The Morgan fingerprint density at radius 3 is 2.52 bits per heavy atom. The minimum atomic E-state index is 0. The van der Waals surface area contributed by atoms with Crippen molar-refractivity contribution in [1.29, 1.82) is 0 Å². The van der Waals surface area contributed by atoms with Crippen molar-refractivity contribution < 1.29 is 4.74 Å². The van der Waals surface area contributed by atoms with E-state index >= 15 is 0 Å². The molecular weight excluding hydrogens is 282 g/mol. The predicted octanol–water partition coefficient (Wildman–Crippen LogP) is 4.28. The van der Waals surface area contributed by atoms with E-state index in [2.05, 4.69) is 43.0 Å². The number of nitrogens with zero attached hydrogens (tertiary/aromatic N) is 1. The van der Waals surface area contributed by atoms with Crippen LogP contribution in [0.2, 0.25) is 0 Å². The van der Waals surface area contributed by atoms with E-state index in [-0.39, 0.29) is 17.8 Å². The van der Waals surface area contributed by atoms with Gasteiger partial charge in [0.1, 0.15) is 5.75 Å². The molecule has 3 rings (SSSR count). The number of hydrogen-bond donors (Lipinski definition) is 0. The second kappa shape index (κ2) is 6.41. The summed E-state index contributed by atoms with van der Waals surface area (Å²) >= 11 is 0. The van der Waals surface area contributed by atoms with Crippen LogP contribution < -0.4 is 4.74 Å². The zero-order valence-electron chi connectivity index (χ0n) is 13.3. The fourth-order valence-electron chi connectivity index (χ4n) is 3.47. The highest BCUT2D eigenvalue weighted by atomic mass is 35.5. The predicted molar refractivity (Wildman–Crippen MR) is 91.5 cm³/mol. The number of likely N-dealkylation sites (tertiary alicyclic amines) is 1. The minimum absolute atomic E-state index is 0. The van der Waals surface area contributed by atoms with Gasteiger partial charge in [0.25, 0.3) is 0 Å². The van der Waals surface area contributed by atoms with Gasteiger partial charge in [-0.1, -0.05) is 32.4 Å². The number of methoxy groups -OCH3 is 1. The smallest absolute Gasteiger partial charge is 0.119 e. The van der Waals surface area contributed by atoms with Crippen LogP contribution in [0.4, 0.5) is 0 Å². The van der Waals surface area contributed by atoms with Gasteiger partial charge in [0.15, 0.2) is 0 Å². The van der Waals surface area contributed by atoms with Gasteiger partial charge in [-0.25, -0.2) is 0 Å². The fraction of sp³-hybridized carbons (Fsp3) is 0.556. The summed E-state index contributed by atoms with van der Waals surface area (Å²) in [5.41, 5.74) is 4.44. The molecule has 1 aromatic rings. The largest absolute Gasteiger partial charge is 0.497 e. The molecule has 1 aliphatic heterocycles. The van der Waals surface area contributed by atoms with Gasteiger partial charge in [0, 0.05) is 12.0 Å². The normalized spacial score (nSPS) is 20.4. The van der Waals surface area contributed by atoms with Gasteiger partial charge in [-0.05, 0) is 54.8 Å². The van der Waals surface area contributed by atoms with E-state index < -0.39 is 0 Å². The molecule has 0 bridgehead atoms. The third-order valence-corrected chi connectivity index (χ3v) is 4.91. The van der Waals surface area contributed by atoms with Gasteiger partial charge in [0.05, 0.1) is 7.11 Å². The molecule has 1 aliphatic carbocycles. The Morgan fingerprint density at radius 2 is 1.86 bits per heavy atom. The van der Waals surface area contributed by atoms with Crippen LogP contribution in [0, 0.1) is 0 Å². The average Bonchev–Trinajstić information content (AvgIpc) is 2.71. The van der Waals surface area contributed by atoms with E-state index in [1.54, 1.807) is 12.7 Å². The lowest BCUT2D eigenvalue weighted by atomic mass is 9.81. The zero-order valence-corrected chi connectivity index (χ0v) is 14.1. The number of halogens is 1. The molecule has 1 heterocycles. The average molecular weight is 308 g/mol. The maximum atomic E-state index is 5.38. The molecule has 21 heavy (non-hydrogen) atoms. The third-order valence-electron chi connectivity index (χ3n) is 4.91. The first-order valence-corrected chi connectivity index (χ1v) is 7.73. The maximum absolute atomic E-state index is 5.38. The first-order valence-electron chi connectivity index (χ1n) is 7.73. The summed E-state index contributed by atoms with van der Waals surface area (Å²) in [6, 6.07) is 6.46. The SMILES string of the molecule is COc1ccc2c(c1)C(C)(C)C(CN1CCCCC1)=C2.Cl. The van der Waals surface area contributed by atoms with Crippen LogP contribution in [0.3, 0.4) is 0 Å². The molecule has 0 radical (unpaired) electrons. The van der Waals surface area contributed by atoms with Crippen molar-refractivity contribution >= 4 is 18.5 Å². The summed E-state index contributed by atoms with van der Waals surface area (Å²) in [5, 5.41) is 0. The van der Waals surface area contributed by atoms with Crippen LogP contribution in [0.25, 0.3) is 6.08 Å². The molecule has 1 fully saturated rings. The molecule has 2 nitrogen and oxygen atoms in total. The molecule has 116 valence electrons. The number of benzene rings is 1. The van der Waals surface area contributed by atoms with E-state index in [1.165, 1.54) is 43.5 Å². The Balaban J connectivity index is 0.00000161. The van der Waals surface area contributed by atoms with E-state index in [0.29, 0.717) is 0 Å². The highest BCUT2D eigenvalue weighted by Gasteiger charge is 2.34. The molecule has 3 heteroatoms. The van der Waals surface area contributed by atoms with Gasteiger partial charge >= 0.3 is 0 Å². The second-order valence-electron chi connectivity index (χ2n) is 6.58. The molecule has 0 spiro atoms. The monoisotopic (exact) mass is 307 g/mol. The van der Waals surface area contributed by atoms with Crippen LogP contribution in [0.1, 0.15) is 44.2 Å². The van der Waals surface area contributed by atoms with E-state index in [4.69, 9.17) is 4.74 Å². The van der Waals surface area contributed by atoms with Crippen LogP contribution in [0.5, 0.6) is 5.75 Å². The standard InChI is InChI=1S/C18H25NO.ClH/c1-18(2)15(13-19-9-5-4-6-10-19)11-14-7-8-16(20-3)12-17(14)18;/h7-8,11-12H,4-6,9-10,13H2,1-3H3;1H. The summed E-state index contributed by atoms with van der Waals surface area (Å²) in [6.07, 6.45) is 6.50. The van der Waals surface area contributed by atoms with Crippen molar-refractivity contribution in [3.63, 3.8) is 0 Å². The van der Waals surface area contributed by atoms with Gasteiger partial charge < -0.3 is 4.74 Å². The lowest BCUT2D eigenvalue weighted by Gasteiger charge is -2.32. The number of piperidine rings is 1. The van der Waals surface area contributed by atoms with Crippen molar-refractivity contribution in [2.75, 3.05) is 26.7 Å². The molecule has 0 amide bonds. The van der Waals surface area contributed by atoms with Crippen LogP contribution in [-0.2, 0) is 5.41 Å². The van der Waals surface area contributed by atoms with Crippen molar-refractivity contribution in [2.24, 2.45) is 0 Å². The topological polar surface area (TPSA) is 12.5 Å². The van der Waals surface area contributed by atoms with E-state index in [1.807, 2.05) is 0 Å². The maximum Gasteiger partial charge on any atom is 0.119 e. The van der Waals surface area contributed by atoms with Crippen molar-refractivity contribution in [1.82, 2.24) is 4.90 Å². The molecule has 1 saturated heterocycles. The summed E-state index contributed by atoms with van der Waals surface area (Å²) in [7, 11) is 1.74. The van der Waals surface area contributed by atoms with Gasteiger partial charge in [-0.15, -0.1) is 12.4 Å². The number of rotatable bonds is 3. The highest BCUT2D eigenvalue weighted by molar-refractivity contribution is 5.85.